The summed E-state index contributed by atoms with van der Waals surface area (Å²) in [6, 6.07) is 0. The summed E-state index contributed by atoms with van der Waals surface area (Å²) in [4.78, 5) is 72.6. The second kappa shape index (κ2) is 63.8. The lowest BCUT2D eigenvalue weighted by atomic mass is 10.00. The number of carbonyl (C=O) groups is 4. The van der Waals surface area contributed by atoms with Crippen LogP contribution in [0.15, 0.2) is 0 Å². The normalized spacial score (nSPS) is 14.7. The monoisotopic (exact) mass is 1350 g/mol. The molecule has 0 radical (unpaired) electrons. The Morgan fingerprint density at radius 1 is 0.315 bits per heavy atom. The van der Waals surface area contributed by atoms with Crippen LogP contribution in [0.25, 0.3) is 0 Å². The van der Waals surface area contributed by atoms with Crippen LogP contribution in [0.5, 0.6) is 0 Å². The molecule has 17 nitrogen and oxygen atoms in total. The molecule has 92 heavy (non-hydrogen) atoms. The van der Waals surface area contributed by atoms with Crippen LogP contribution in [-0.2, 0) is 65.4 Å². The molecular weight excluding hydrogens is 1210 g/mol. The van der Waals surface area contributed by atoms with Crippen molar-refractivity contribution in [3.05, 3.63) is 0 Å². The summed E-state index contributed by atoms with van der Waals surface area (Å²) < 4.78 is 68.3. The lowest BCUT2D eigenvalue weighted by molar-refractivity contribution is -0.161. The van der Waals surface area contributed by atoms with Gasteiger partial charge in [0.2, 0.25) is 0 Å². The van der Waals surface area contributed by atoms with E-state index in [4.69, 9.17) is 37.0 Å². The van der Waals surface area contributed by atoms with Gasteiger partial charge in [0.25, 0.3) is 0 Å². The fraction of sp³-hybridized carbons (Fsp3) is 0.945. The number of aliphatic hydroxyl groups is 1. The highest BCUT2D eigenvalue weighted by Crippen LogP contribution is 2.45. The third kappa shape index (κ3) is 64.1. The first kappa shape index (κ1) is 90.1. The molecule has 0 aliphatic heterocycles. The van der Waals surface area contributed by atoms with Crippen molar-refractivity contribution in [3.63, 3.8) is 0 Å². The van der Waals surface area contributed by atoms with Crippen molar-refractivity contribution in [2.24, 2.45) is 17.8 Å². The van der Waals surface area contributed by atoms with Gasteiger partial charge in [0.15, 0.2) is 12.2 Å². The van der Waals surface area contributed by atoms with Gasteiger partial charge < -0.3 is 33.8 Å². The highest BCUT2D eigenvalue weighted by molar-refractivity contribution is 7.47. The predicted octanol–water partition coefficient (Wildman–Crippen LogP) is 21.0. The van der Waals surface area contributed by atoms with E-state index in [2.05, 4.69) is 48.5 Å². The number of aliphatic hydroxyl groups excluding tert-OH is 1. The van der Waals surface area contributed by atoms with Gasteiger partial charge in [0.1, 0.15) is 19.3 Å². The van der Waals surface area contributed by atoms with E-state index in [0.717, 1.165) is 114 Å². The Morgan fingerprint density at radius 3 is 0.826 bits per heavy atom. The molecule has 0 aliphatic rings. The first-order chi connectivity index (χ1) is 44.3. The highest BCUT2D eigenvalue weighted by Gasteiger charge is 2.30. The van der Waals surface area contributed by atoms with Crippen LogP contribution < -0.4 is 0 Å². The van der Waals surface area contributed by atoms with Crippen LogP contribution >= 0.6 is 15.6 Å². The minimum absolute atomic E-state index is 0.102. The average molecular weight is 1350 g/mol. The Kier molecular flexibility index (Phi) is 62.4. The van der Waals surface area contributed by atoms with Crippen LogP contribution in [0.3, 0.4) is 0 Å². The summed E-state index contributed by atoms with van der Waals surface area (Å²) in [7, 11) is -9.90. The summed E-state index contributed by atoms with van der Waals surface area (Å²) >= 11 is 0. The smallest absolute Gasteiger partial charge is 0.462 e. The van der Waals surface area contributed by atoms with Crippen molar-refractivity contribution >= 4 is 39.5 Å². The predicted molar refractivity (Wildman–Crippen MR) is 372 cm³/mol. The maximum Gasteiger partial charge on any atom is 0.472 e. The largest absolute Gasteiger partial charge is 0.472 e. The molecule has 0 heterocycles. The number of ether oxygens (including phenoxy) is 4. The molecule has 0 rings (SSSR count). The SMILES string of the molecule is CCCCCCCCCCCCCC(=O)OC[C@H](COP(=O)(O)OC[C@@H](O)COP(=O)(O)OC[C@@H](COC(=O)CCCCCCCCC(C)CC)OC(=O)CCCCCCCCC(C)CC)OC(=O)CCCCCCCCCCCCCCCCCCCCC(C)C. The van der Waals surface area contributed by atoms with Crippen LogP contribution in [0.2, 0.25) is 0 Å². The summed E-state index contributed by atoms with van der Waals surface area (Å²) in [5.74, 6) is 0.145. The summed E-state index contributed by atoms with van der Waals surface area (Å²) in [6.07, 6.45) is 48.7. The molecule has 3 N–H and O–H groups in total. The summed E-state index contributed by atoms with van der Waals surface area (Å²) in [6.45, 7) is 11.8. The Balaban J connectivity index is 5.18. The van der Waals surface area contributed by atoms with E-state index >= 15 is 0 Å². The first-order valence-corrected chi connectivity index (χ1v) is 40.9. The lowest BCUT2D eigenvalue weighted by Crippen LogP contribution is -2.30. The zero-order valence-corrected chi connectivity index (χ0v) is 61.8. The molecule has 0 bridgehead atoms. The van der Waals surface area contributed by atoms with Crippen LogP contribution in [0, 0.1) is 17.8 Å². The Bertz CT molecular complexity index is 1810. The van der Waals surface area contributed by atoms with Crippen molar-refractivity contribution < 1.29 is 80.2 Å². The van der Waals surface area contributed by atoms with Gasteiger partial charge in [-0.2, -0.15) is 0 Å². The topological polar surface area (TPSA) is 237 Å². The number of hydrogen-bond acceptors (Lipinski definition) is 15. The number of phosphoric acid groups is 2. The second-order valence-corrected chi connectivity index (χ2v) is 30.2. The van der Waals surface area contributed by atoms with E-state index in [1.807, 2.05) is 0 Å². The zero-order chi connectivity index (χ0) is 68.0. The average Bonchev–Trinajstić information content (AvgIpc) is 1.59. The molecule has 546 valence electrons. The van der Waals surface area contributed by atoms with Crippen LogP contribution in [0.1, 0.15) is 370 Å². The van der Waals surface area contributed by atoms with E-state index < -0.39 is 97.5 Å². The maximum atomic E-state index is 13.0. The van der Waals surface area contributed by atoms with E-state index in [9.17, 15) is 43.2 Å². The van der Waals surface area contributed by atoms with Crippen molar-refractivity contribution in [1.82, 2.24) is 0 Å². The fourth-order valence-electron chi connectivity index (χ4n) is 11.0. The van der Waals surface area contributed by atoms with Gasteiger partial charge in [-0.25, -0.2) is 9.13 Å². The standard InChI is InChI=1S/C73H142O17P2/c1-8-11-12-13-14-15-24-28-31-40-47-54-70(75)83-60-68(89-72(77)56-49-42-32-29-26-23-21-19-17-16-18-20-22-25-27-30-37-44-51-64(4)5)62-87-91(79,80)85-58-67(74)59-86-92(81,82)88-63-69(90-73(78)57-50-43-36-34-39-46-53-66(7)10-3)61-84-71(76)55-48-41-35-33-38-45-52-65(6)9-2/h64-69,74H,8-63H2,1-7H3,(H,79,80)(H,81,82)/t65?,66?,67-,68-,69-/m1/s1. The van der Waals surface area contributed by atoms with E-state index in [0.29, 0.717) is 25.7 Å². The van der Waals surface area contributed by atoms with Crippen LogP contribution in [0.4, 0.5) is 0 Å². The van der Waals surface area contributed by atoms with Crippen molar-refractivity contribution in [3.8, 4) is 0 Å². The molecule has 7 atom stereocenters. The number of unbranched alkanes of at least 4 members (excludes halogenated alkanes) is 37. The number of carbonyl (C=O) groups excluding carboxylic acids is 4. The minimum atomic E-state index is -4.95. The second-order valence-electron chi connectivity index (χ2n) is 27.3. The molecule has 19 heteroatoms. The van der Waals surface area contributed by atoms with E-state index in [-0.39, 0.29) is 25.7 Å². The number of esters is 4. The van der Waals surface area contributed by atoms with Gasteiger partial charge in [0, 0.05) is 25.7 Å². The molecule has 4 unspecified atom stereocenters. The first-order valence-electron chi connectivity index (χ1n) is 37.9. The van der Waals surface area contributed by atoms with Gasteiger partial charge >= 0.3 is 39.5 Å². The Labute approximate surface area is 562 Å². The van der Waals surface area contributed by atoms with Crippen molar-refractivity contribution in [2.45, 2.75) is 388 Å². The third-order valence-electron chi connectivity index (χ3n) is 17.6. The molecule has 0 aromatic carbocycles. The summed E-state index contributed by atoms with van der Waals surface area (Å²) in [5.41, 5.74) is 0. The molecule has 0 fully saturated rings. The molecule has 0 aliphatic carbocycles. The van der Waals surface area contributed by atoms with Crippen LogP contribution in [-0.4, -0.2) is 96.7 Å². The number of phosphoric ester groups is 2. The van der Waals surface area contributed by atoms with Crippen molar-refractivity contribution in [2.75, 3.05) is 39.6 Å². The Hall–Kier alpha value is -1.94. The lowest BCUT2D eigenvalue weighted by Gasteiger charge is -2.21. The molecule has 0 aromatic rings. The van der Waals surface area contributed by atoms with Gasteiger partial charge in [-0.15, -0.1) is 0 Å². The molecule has 0 spiro atoms. The Morgan fingerprint density at radius 2 is 0.554 bits per heavy atom. The zero-order valence-electron chi connectivity index (χ0n) is 60.0. The van der Waals surface area contributed by atoms with Gasteiger partial charge in [-0.05, 0) is 43.4 Å². The number of hydrogen-bond donors (Lipinski definition) is 3. The van der Waals surface area contributed by atoms with E-state index in [1.54, 1.807) is 0 Å². The molecule has 0 saturated heterocycles. The molecular formula is C73H142O17P2. The fourth-order valence-corrected chi connectivity index (χ4v) is 12.6. The van der Waals surface area contributed by atoms with Gasteiger partial charge in [-0.1, -0.05) is 318 Å². The van der Waals surface area contributed by atoms with Gasteiger partial charge in [0.05, 0.1) is 26.4 Å². The molecule has 0 amide bonds. The maximum absolute atomic E-state index is 13.0. The molecule has 0 saturated carbocycles. The van der Waals surface area contributed by atoms with Crippen molar-refractivity contribution in [1.29, 1.82) is 0 Å². The third-order valence-corrected chi connectivity index (χ3v) is 19.5. The van der Waals surface area contributed by atoms with Gasteiger partial charge in [-0.3, -0.25) is 37.3 Å². The highest BCUT2D eigenvalue weighted by atomic mass is 31.2. The summed E-state index contributed by atoms with van der Waals surface area (Å²) in [5, 5.41) is 10.6. The number of rotatable bonds is 71. The van der Waals surface area contributed by atoms with E-state index in [1.165, 1.54) is 173 Å². The minimum Gasteiger partial charge on any atom is -0.462 e. The molecule has 0 aromatic heterocycles. The quantitative estimate of drug-likeness (QED) is 0.0222.